The number of amides is 1. The van der Waals surface area contributed by atoms with Gasteiger partial charge in [-0.25, -0.2) is 0 Å². The standard InChI is InChI=1S/C25H31NO5/c1-18(2)20-7-5-19(6-8-20)17-31-23(16-25(27)26-11-13-30-14-12-26)21-9-10-22(28-3)24(15-21)29-4/h5-10,15-16,18H,11-14,17H2,1-4H3. The van der Waals surface area contributed by atoms with Crippen LogP contribution in [0.25, 0.3) is 5.76 Å². The van der Waals surface area contributed by atoms with Gasteiger partial charge in [0, 0.05) is 24.7 Å². The number of benzene rings is 2. The summed E-state index contributed by atoms with van der Waals surface area (Å²) in [6, 6.07) is 13.8. The van der Waals surface area contributed by atoms with Gasteiger partial charge in [0.15, 0.2) is 11.5 Å². The van der Waals surface area contributed by atoms with Gasteiger partial charge >= 0.3 is 0 Å². The van der Waals surface area contributed by atoms with Crippen molar-refractivity contribution in [2.24, 2.45) is 0 Å². The number of ether oxygens (including phenoxy) is 4. The van der Waals surface area contributed by atoms with Crippen LogP contribution in [-0.4, -0.2) is 51.3 Å². The Bertz CT molecular complexity index is 899. The predicted octanol–water partition coefficient (Wildman–Crippen LogP) is 4.24. The maximum absolute atomic E-state index is 12.8. The highest BCUT2D eigenvalue weighted by Crippen LogP contribution is 2.31. The quantitative estimate of drug-likeness (QED) is 0.468. The van der Waals surface area contributed by atoms with E-state index in [4.69, 9.17) is 18.9 Å². The summed E-state index contributed by atoms with van der Waals surface area (Å²) in [5.74, 6) is 2.07. The summed E-state index contributed by atoms with van der Waals surface area (Å²) in [6.45, 7) is 6.94. The van der Waals surface area contributed by atoms with Crippen molar-refractivity contribution in [1.82, 2.24) is 4.90 Å². The second-order valence-electron chi connectivity index (χ2n) is 7.70. The van der Waals surface area contributed by atoms with Crippen LogP contribution in [0.4, 0.5) is 0 Å². The van der Waals surface area contributed by atoms with Crippen molar-refractivity contribution in [1.29, 1.82) is 0 Å². The van der Waals surface area contributed by atoms with E-state index in [9.17, 15) is 4.79 Å². The molecule has 0 saturated carbocycles. The van der Waals surface area contributed by atoms with Gasteiger partial charge in [0.05, 0.1) is 27.4 Å². The fourth-order valence-electron chi connectivity index (χ4n) is 3.34. The number of methoxy groups -OCH3 is 2. The van der Waals surface area contributed by atoms with Crippen molar-refractivity contribution < 1.29 is 23.7 Å². The lowest BCUT2D eigenvalue weighted by atomic mass is 10.0. The minimum absolute atomic E-state index is 0.0942. The molecule has 31 heavy (non-hydrogen) atoms. The third-order valence-corrected chi connectivity index (χ3v) is 5.29. The van der Waals surface area contributed by atoms with Crippen molar-refractivity contribution in [3.63, 3.8) is 0 Å². The number of carbonyl (C=O) groups is 1. The van der Waals surface area contributed by atoms with Crippen LogP contribution in [0, 0.1) is 0 Å². The largest absolute Gasteiger partial charge is 0.493 e. The van der Waals surface area contributed by atoms with Crippen molar-refractivity contribution in [3.05, 3.63) is 65.2 Å². The molecule has 0 radical (unpaired) electrons. The van der Waals surface area contributed by atoms with Gasteiger partial charge in [0.2, 0.25) is 5.91 Å². The van der Waals surface area contributed by atoms with Gasteiger partial charge in [-0.1, -0.05) is 38.1 Å². The number of hydrogen-bond acceptors (Lipinski definition) is 5. The molecule has 0 aliphatic carbocycles. The molecular weight excluding hydrogens is 394 g/mol. The fourth-order valence-corrected chi connectivity index (χ4v) is 3.34. The van der Waals surface area contributed by atoms with E-state index in [1.807, 2.05) is 18.2 Å². The van der Waals surface area contributed by atoms with Gasteiger partial charge in [-0.2, -0.15) is 0 Å². The summed E-state index contributed by atoms with van der Waals surface area (Å²) in [7, 11) is 3.18. The summed E-state index contributed by atoms with van der Waals surface area (Å²) < 4.78 is 22.2. The molecular formula is C25H31NO5. The lowest BCUT2D eigenvalue weighted by Gasteiger charge is -2.26. The van der Waals surface area contributed by atoms with Crippen molar-refractivity contribution in [3.8, 4) is 11.5 Å². The predicted molar refractivity (Wildman–Crippen MR) is 120 cm³/mol. The maximum atomic E-state index is 12.8. The van der Waals surface area contributed by atoms with Crippen molar-refractivity contribution >= 4 is 11.7 Å². The Morgan fingerprint density at radius 1 is 1.03 bits per heavy atom. The fraction of sp³-hybridized carbons (Fsp3) is 0.400. The molecule has 1 aliphatic heterocycles. The van der Waals surface area contributed by atoms with Crippen LogP contribution in [0.2, 0.25) is 0 Å². The van der Waals surface area contributed by atoms with Crippen LogP contribution >= 0.6 is 0 Å². The Morgan fingerprint density at radius 2 is 1.71 bits per heavy atom. The van der Waals surface area contributed by atoms with E-state index in [-0.39, 0.29) is 5.91 Å². The molecule has 1 heterocycles. The monoisotopic (exact) mass is 425 g/mol. The number of carbonyl (C=O) groups excluding carboxylic acids is 1. The average molecular weight is 426 g/mol. The normalized spacial score (nSPS) is 14.5. The van der Waals surface area contributed by atoms with E-state index in [1.165, 1.54) is 5.56 Å². The van der Waals surface area contributed by atoms with Crippen LogP contribution in [0.5, 0.6) is 11.5 Å². The molecule has 0 bridgehead atoms. The lowest BCUT2D eigenvalue weighted by molar-refractivity contribution is -0.130. The Labute approximate surface area is 184 Å². The summed E-state index contributed by atoms with van der Waals surface area (Å²) in [6.07, 6.45) is 1.55. The number of hydrogen-bond donors (Lipinski definition) is 0. The van der Waals surface area contributed by atoms with Crippen LogP contribution < -0.4 is 9.47 Å². The van der Waals surface area contributed by atoms with E-state index in [1.54, 1.807) is 25.2 Å². The van der Waals surface area contributed by atoms with Crippen LogP contribution in [0.1, 0.15) is 36.5 Å². The molecule has 0 atom stereocenters. The molecule has 1 fully saturated rings. The molecule has 2 aromatic carbocycles. The summed E-state index contributed by atoms with van der Waals surface area (Å²) in [5, 5.41) is 0. The first-order chi connectivity index (χ1) is 15.0. The molecule has 6 heteroatoms. The van der Waals surface area contributed by atoms with Crippen LogP contribution in [0.3, 0.4) is 0 Å². The highest BCUT2D eigenvalue weighted by atomic mass is 16.5. The third kappa shape index (κ3) is 6.01. The van der Waals surface area contributed by atoms with E-state index >= 15 is 0 Å². The van der Waals surface area contributed by atoms with E-state index < -0.39 is 0 Å². The molecule has 166 valence electrons. The molecule has 1 saturated heterocycles. The molecule has 0 N–H and O–H groups in total. The Hall–Kier alpha value is -2.99. The first-order valence-corrected chi connectivity index (χ1v) is 10.5. The summed E-state index contributed by atoms with van der Waals surface area (Å²) >= 11 is 0. The second-order valence-corrected chi connectivity index (χ2v) is 7.70. The average Bonchev–Trinajstić information content (AvgIpc) is 2.81. The smallest absolute Gasteiger partial charge is 0.250 e. The van der Waals surface area contributed by atoms with Crippen LogP contribution in [-0.2, 0) is 20.9 Å². The van der Waals surface area contributed by atoms with Gasteiger partial charge in [-0.3, -0.25) is 4.79 Å². The highest BCUT2D eigenvalue weighted by Gasteiger charge is 2.18. The first-order valence-electron chi connectivity index (χ1n) is 10.5. The number of rotatable bonds is 8. The van der Waals surface area contributed by atoms with Gasteiger partial charge in [0.1, 0.15) is 12.4 Å². The van der Waals surface area contributed by atoms with E-state index in [0.29, 0.717) is 56.1 Å². The minimum atomic E-state index is -0.0942. The van der Waals surface area contributed by atoms with E-state index in [0.717, 1.165) is 11.1 Å². The zero-order chi connectivity index (χ0) is 22.2. The zero-order valence-electron chi connectivity index (χ0n) is 18.7. The van der Waals surface area contributed by atoms with Gasteiger partial charge < -0.3 is 23.8 Å². The van der Waals surface area contributed by atoms with Crippen molar-refractivity contribution in [2.75, 3.05) is 40.5 Å². The minimum Gasteiger partial charge on any atom is -0.493 e. The molecule has 0 unspecified atom stereocenters. The SMILES string of the molecule is COc1ccc(C(=CC(=O)N2CCOCC2)OCc2ccc(C(C)C)cc2)cc1OC. The zero-order valence-corrected chi connectivity index (χ0v) is 18.7. The Balaban J connectivity index is 1.84. The summed E-state index contributed by atoms with van der Waals surface area (Å²) in [4.78, 5) is 14.6. The Morgan fingerprint density at radius 3 is 2.32 bits per heavy atom. The Kier molecular flexibility index (Phi) is 7.95. The van der Waals surface area contributed by atoms with Gasteiger partial charge in [-0.05, 0) is 35.2 Å². The molecule has 2 aromatic rings. The van der Waals surface area contributed by atoms with Crippen molar-refractivity contribution in [2.45, 2.75) is 26.4 Å². The first kappa shape index (κ1) is 22.7. The van der Waals surface area contributed by atoms with E-state index in [2.05, 4.69) is 38.1 Å². The second kappa shape index (κ2) is 10.9. The summed E-state index contributed by atoms with van der Waals surface area (Å²) in [5.41, 5.74) is 3.06. The molecule has 6 nitrogen and oxygen atoms in total. The molecule has 0 spiro atoms. The highest BCUT2D eigenvalue weighted by molar-refractivity contribution is 5.94. The molecule has 0 aromatic heterocycles. The lowest BCUT2D eigenvalue weighted by Crippen LogP contribution is -2.39. The van der Waals surface area contributed by atoms with Gasteiger partial charge in [0.25, 0.3) is 0 Å². The number of nitrogens with zero attached hydrogens (tertiary/aromatic N) is 1. The molecule has 1 amide bonds. The topological polar surface area (TPSA) is 57.2 Å². The third-order valence-electron chi connectivity index (χ3n) is 5.29. The van der Waals surface area contributed by atoms with Gasteiger partial charge in [-0.15, -0.1) is 0 Å². The molecule has 1 aliphatic rings. The van der Waals surface area contributed by atoms with Crippen LogP contribution in [0.15, 0.2) is 48.5 Å². The number of morpholine rings is 1. The molecule has 3 rings (SSSR count). The maximum Gasteiger partial charge on any atom is 0.250 e.